The Morgan fingerprint density at radius 1 is 0.903 bits per heavy atom. The van der Waals surface area contributed by atoms with Crippen LogP contribution in [0.3, 0.4) is 0 Å². The SMILES string of the molecule is COc1cc(OC)c(F)c(CC2=CCc3ncc(-c4cnc5c(c4)CNC5)cc32)c1F. The van der Waals surface area contributed by atoms with Crippen LogP contribution in [0, 0.1) is 11.6 Å². The van der Waals surface area contributed by atoms with E-state index in [4.69, 9.17) is 9.47 Å². The average Bonchev–Trinajstić information content (AvgIpc) is 3.42. The van der Waals surface area contributed by atoms with E-state index in [9.17, 15) is 8.78 Å². The first kappa shape index (κ1) is 19.6. The summed E-state index contributed by atoms with van der Waals surface area (Å²) >= 11 is 0. The molecule has 0 saturated heterocycles. The van der Waals surface area contributed by atoms with Gasteiger partial charge in [0.25, 0.3) is 0 Å². The van der Waals surface area contributed by atoms with Crippen molar-refractivity contribution in [1.29, 1.82) is 0 Å². The number of hydrogen-bond donors (Lipinski definition) is 1. The maximum Gasteiger partial charge on any atom is 0.171 e. The van der Waals surface area contributed by atoms with Crippen LogP contribution in [0.15, 0.2) is 36.7 Å². The second-order valence-corrected chi connectivity index (χ2v) is 7.65. The predicted octanol–water partition coefficient (Wildman–Crippen LogP) is 4.22. The summed E-state index contributed by atoms with van der Waals surface area (Å²) < 4.78 is 39.9. The molecule has 3 aromatic rings. The van der Waals surface area contributed by atoms with E-state index in [2.05, 4.69) is 21.4 Å². The van der Waals surface area contributed by atoms with Crippen molar-refractivity contribution in [2.24, 2.45) is 0 Å². The summed E-state index contributed by atoms with van der Waals surface area (Å²) in [5, 5.41) is 3.29. The minimum atomic E-state index is -0.713. The summed E-state index contributed by atoms with van der Waals surface area (Å²) in [5.74, 6) is -1.52. The number of nitrogens with zero attached hydrogens (tertiary/aromatic N) is 2. The summed E-state index contributed by atoms with van der Waals surface area (Å²) in [5.41, 5.74) is 6.70. The minimum absolute atomic E-state index is 0.0447. The molecule has 1 N–H and O–H groups in total. The Balaban J connectivity index is 1.51. The van der Waals surface area contributed by atoms with E-state index < -0.39 is 11.6 Å². The fraction of sp³-hybridized carbons (Fsp3) is 0.250. The second kappa shape index (κ2) is 7.74. The van der Waals surface area contributed by atoms with Crippen LogP contribution in [0.5, 0.6) is 11.5 Å². The largest absolute Gasteiger partial charge is 0.494 e. The third-order valence-electron chi connectivity index (χ3n) is 5.89. The van der Waals surface area contributed by atoms with Crippen LogP contribution in [0.25, 0.3) is 16.7 Å². The third kappa shape index (κ3) is 3.35. The number of halogens is 2. The molecule has 2 aromatic heterocycles. The van der Waals surface area contributed by atoms with Crippen LogP contribution < -0.4 is 14.8 Å². The van der Waals surface area contributed by atoms with E-state index in [0.29, 0.717) is 6.42 Å². The van der Waals surface area contributed by atoms with Crippen molar-refractivity contribution >= 4 is 5.57 Å². The number of allylic oxidation sites excluding steroid dienone is 2. The normalized spacial score (nSPS) is 14.3. The molecular weight excluding hydrogens is 400 g/mol. The fourth-order valence-corrected chi connectivity index (χ4v) is 4.20. The highest BCUT2D eigenvalue weighted by atomic mass is 19.1. The van der Waals surface area contributed by atoms with Crippen molar-refractivity contribution in [3.63, 3.8) is 0 Å². The lowest BCUT2D eigenvalue weighted by Crippen LogP contribution is -2.04. The Morgan fingerprint density at radius 2 is 1.58 bits per heavy atom. The van der Waals surface area contributed by atoms with Crippen molar-refractivity contribution in [3.8, 4) is 22.6 Å². The zero-order valence-electron chi connectivity index (χ0n) is 17.3. The molecule has 5 nitrogen and oxygen atoms in total. The summed E-state index contributed by atoms with van der Waals surface area (Å²) in [7, 11) is 2.69. The highest BCUT2D eigenvalue weighted by Crippen LogP contribution is 2.37. The fourth-order valence-electron chi connectivity index (χ4n) is 4.20. The van der Waals surface area contributed by atoms with Crippen LogP contribution >= 0.6 is 0 Å². The Hall–Kier alpha value is -3.32. The van der Waals surface area contributed by atoms with E-state index in [1.54, 1.807) is 0 Å². The van der Waals surface area contributed by atoms with Gasteiger partial charge in [-0.1, -0.05) is 6.08 Å². The van der Waals surface area contributed by atoms with Crippen molar-refractivity contribution in [2.45, 2.75) is 25.9 Å². The van der Waals surface area contributed by atoms with E-state index in [1.165, 1.54) is 25.8 Å². The lowest BCUT2D eigenvalue weighted by molar-refractivity contribution is 0.354. The van der Waals surface area contributed by atoms with E-state index >= 15 is 0 Å². The molecule has 1 aliphatic carbocycles. The number of benzene rings is 1. The molecule has 0 fully saturated rings. The van der Waals surface area contributed by atoms with Crippen LogP contribution in [-0.4, -0.2) is 24.2 Å². The number of fused-ring (bicyclic) bond motifs is 2. The predicted molar refractivity (Wildman–Crippen MR) is 113 cm³/mol. The molecule has 0 amide bonds. The molecular formula is C24H21F2N3O2. The molecule has 0 atom stereocenters. The number of aromatic nitrogens is 2. The molecule has 5 rings (SSSR count). The number of rotatable bonds is 5. The maximum absolute atomic E-state index is 14.9. The molecule has 1 aliphatic heterocycles. The van der Waals surface area contributed by atoms with Gasteiger partial charge in [0.1, 0.15) is 0 Å². The summed E-state index contributed by atoms with van der Waals surface area (Å²) in [6.45, 7) is 1.59. The van der Waals surface area contributed by atoms with Gasteiger partial charge in [0.05, 0.1) is 25.6 Å². The first-order valence-electron chi connectivity index (χ1n) is 10.0. The smallest absolute Gasteiger partial charge is 0.171 e. The summed E-state index contributed by atoms with van der Waals surface area (Å²) in [6.07, 6.45) is 6.35. The molecule has 0 saturated carbocycles. The van der Waals surface area contributed by atoms with Gasteiger partial charge < -0.3 is 14.8 Å². The highest BCUT2D eigenvalue weighted by Gasteiger charge is 2.24. The van der Waals surface area contributed by atoms with Gasteiger partial charge in [-0.05, 0) is 23.3 Å². The minimum Gasteiger partial charge on any atom is -0.494 e. The van der Waals surface area contributed by atoms with E-state index in [0.717, 1.165) is 46.7 Å². The molecule has 0 radical (unpaired) electrons. The van der Waals surface area contributed by atoms with Crippen molar-refractivity contribution < 1.29 is 18.3 Å². The second-order valence-electron chi connectivity index (χ2n) is 7.65. The van der Waals surface area contributed by atoms with Gasteiger partial charge in [0, 0.05) is 66.6 Å². The maximum atomic E-state index is 14.9. The molecule has 31 heavy (non-hydrogen) atoms. The number of methoxy groups -OCH3 is 2. The molecule has 1 aromatic carbocycles. The molecule has 0 bridgehead atoms. The van der Waals surface area contributed by atoms with Crippen LogP contribution in [0.2, 0.25) is 0 Å². The van der Waals surface area contributed by atoms with Gasteiger partial charge in [-0.25, -0.2) is 8.78 Å². The average molecular weight is 421 g/mol. The molecule has 158 valence electrons. The number of pyridine rings is 2. The quantitative estimate of drug-likeness (QED) is 0.668. The third-order valence-corrected chi connectivity index (χ3v) is 5.89. The first-order chi connectivity index (χ1) is 15.1. The Kier molecular flexibility index (Phi) is 4.90. The van der Waals surface area contributed by atoms with Gasteiger partial charge in [-0.2, -0.15) is 0 Å². The molecule has 7 heteroatoms. The van der Waals surface area contributed by atoms with Gasteiger partial charge in [-0.15, -0.1) is 0 Å². The Bertz CT molecular complexity index is 1200. The number of nitrogens with one attached hydrogen (secondary N) is 1. The van der Waals surface area contributed by atoms with Gasteiger partial charge >= 0.3 is 0 Å². The summed E-state index contributed by atoms with van der Waals surface area (Å²) in [6, 6.07) is 5.37. The Morgan fingerprint density at radius 3 is 2.29 bits per heavy atom. The van der Waals surface area contributed by atoms with Crippen molar-refractivity contribution in [1.82, 2.24) is 15.3 Å². The topological polar surface area (TPSA) is 56.3 Å². The summed E-state index contributed by atoms with van der Waals surface area (Å²) in [4.78, 5) is 9.15. The molecule has 3 heterocycles. The monoisotopic (exact) mass is 421 g/mol. The van der Waals surface area contributed by atoms with E-state index in [1.807, 2.05) is 24.5 Å². The van der Waals surface area contributed by atoms with Gasteiger partial charge in [0.15, 0.2) is 23.1 Å². The number of hydrogen-bond acceptors (Lipinski definition) is 5. The Labute approximate surface area is 178 Å². The lowest BCUT2D eigenvalue weighted by atomic mass is 9.97. The zero-order valence-corrected chi connectivity index (χ0v) is 17.3. The van der Waals surface area contributed by atoms with Gasteiger partial charge in [0.2, 0.25) is 0 Å². The lowest BCUT2D eigenvalue weighted by Gasteiger charge is -2.14. The molecule has 2 aliphatic rings. The first-order valence-corrected chi connectivity index (χ1v) is 10.0. The van der Waals surface area contributed by atoms with E-state index in [-0.39, 0.29) is 23.5 Å². The zero-order chi connectivity index (χ0) is 21.5. The van der Waals surface area contributed by atoms with Crippen molar-refractivity contribution in [3.05, 3.63) is 76.4 Å². The highest BCUT2D eigenvalue weighted by molar-refractivity contribution is 5.78. The standard InChI is InChI=1S/C24H21F2N3O2/c1-30-21-8-22(31-2)24(26)18(23(21)25)6-13-3-4-19-17(13)7-15(11-28-19)14-5-16-9-27-12-20(16)29-10-14/h3,5,7-8,10-11,27H,4,6,9,12H2,1-2H3. The van der Waals surface area contributed by atoms with Crippen molar-refractivity contribution in [2.75, 3.05) is 14.2 Å². The van der Waals surface area contributed by atoms with Gasteiger partial charge in [-0.3, -0.25) is 9.97 Å². The van der Waals surface area contributed by atoms with Crippen LogP contribution in [0.4, 0.5) is 8.78 Å². The van der Waals surface area contributed by atoms with Crippen LogP contribution in [0.1, 0.15) is 28.1 Å². The van der Waals surface area contributed by atoms with Crippen LogP contribution in [-0.2, 0) is 25.9 Å². The molecule has 0 unspecified atom stereocenters. The molecule has 0 spiro atoms. The number of ether oxygens (including phenoxy) is 2.